The van der Waals surface area contributed by atoms with Crippen LogP contribution in [0.4, 0.5) is 0 Å². The molecule has 74 valence electrons. The van der Waals surface area contributed by atoms with Gasteiger partial charge in [0, 0.05) is 25.0 Å². The van der Waals surface area contributed by atoms with Crippen LogP contribution in [0.25, 0.3) is 0 Å². The molecular weight excluding hydrogens is 162 g/mol. The molecule has 0 spiro atoms. The molecule has 0 saturated carbocycles. The molecule has 1 aliphatic heterocycles. The van der Waals surface area contributed by atoms with Gasteiger partial charge in [-0.3, -0.25) is 4.90 Å². The predicted octanol–water partition coefficient (Wildman–Crippen LogP) is 1.25. The Labute approximate surface area is 80.9 Å². The van der Waals surface area contributed by atoms with Crippen LogP contribution in [0.3, 0.4) is 0 Å². The van der Waals surface area contributed by atoms with Gasteiger partial charge >= 0.3 is 0 Å². The molecule has 1 rings (SSSR count). The number of nitrogens with zero attached hydrogens (tertiary/aromatic N) is 1. The van der Waals surface area contributed by atoms with Crippen molar-refractivity contribution in [1.29, 1.82) is 0 Å². The largest absolute Gasteiger partial charge is 0.375 e. The molecule has 1 fully saturated rings. The molecule has 0 atom stereocenters. The van der Waals surface area contributed by atoms with Crippen LogP contribution < -0.4 is 0 Å². The molecule has 0 unspecified atom stereocenters. The summed E-state index contributed by atoms with van der Waals surface area (Å²) in [6, 6.07) is 0. The summed E-state index contributed by atoms with van der Waals surface area (Å²) in [5, 5.41) is 9.86. The first-order valence-corrected chi connectivity index (χ1v) is 4.85. The van der Waals surface area contributed by atoms with Crippen LogP contribution in [0.2, 0.25) is 0 Å². The van der Waals surface area contributed by atoms with Crippen LogP contribution in [-0.4, -0.2) is 34.2 Å². The number of rotatable bonds is 0. The zero-order chi connectivity index (χ0) is 10.1. The topological polar surface area (TPSA) is 23.5 Å². The van der Waals surface area contributed by atoms with Gasteiger partial charge in [-0.15, -0.1) is 5.92 Å². The third kappa shape index (κ3) is 2.46. The molecule has 0 aliphatic carbocycles. The van der Waals surface area contributed by atoms with E-state index in [9.17, 15) is 5.11 Å². The second kappa shape index (κ2) is 3.32. The van der Waals surface area contributed by atoms with E-state index in [0.29, 0.717) is 13.1 Å². The average Bonchev–Trinajstić information content (AvgIpc) is 1.93. The number of hydrogen-bond donors (Lipinski definition) is 1. The fourth-order valence-corrected chi connectivity index (χ4v) is 1.39. The van der Waals surface area contributed by atoms with Gasteiger partial charge < -0.3 is 5.11 Å². The molecule has 0 bridgehead atoms. The van der Waals surface area contributed by atoms with Crippen LogP contribution in [0.1, 0.15) is 34.1 Å². The van der Waals surface area contributed by atoms with Crippen molar-refractivity contribution in [3.63, 3.8) is 0 Å². The van der Waals surface area contributed by atoms with Crippen molar-refractivity contribution in [2.45, 2.75) is 45.3 Å². The second-order valence-corrected chi connectivity index (χ2v) is 4.71. The summed E-state index contributed by atoms with van der Waals surface area (Å²) in [5.41, 5.74) is -0.580. The molecule has 1 N–H and O–H groups in total. The van der Waals surface area contributed by atoms with E-state index in [-0.39, 0.29) is 5.54 Å². The van der Waals surface area contributed by atoms with Gasteiger partial charge in [0.1, 0.15) is 0 Å². The maximum Gasteiger partial charge on any atom is 0.150 e. The zero-order valence-electron chi connectivity index (χ0n) is 9.02. The Morgan fingerprint density at radius 3 is 2.31 bits per heavy atom. The van der Waals surface area contributed by atoms with Crippen molar-refractivity contribution in [3.05, 3.63) is 0 Å². The van der Waals surface area contributed by atoms with Gasteiger partial charge in [-0.1, -0.05) is 12.8 Å². The van der Waals surface area contributed by atoms with E-state index in [2.05, 4.69) is 37.5 Å². The maximum atomic E-state index is 9.86. The smallest absolute Gasteiger partial charge is 0.150 e. The Balaban J connectivity index is 2.48. The Bertz CT molecular complexity index is 235. The lowest BCUT2D eigenvalue weighted by molar-refractivity contribution is -0.0938. The lowest BCUT2D eigenvalue weighted by Gasteiger charge is -2.50. The van der Waals surface area contributed by atoms with Gasteiger partial charge in [-0.2, -0.15) is 0 Å². The Hall–Kier alpha value is -0.520. The highest BCUT2D eigenvalue weighted by atomic mass is 16.3. The Morgan fingerprint density at radius 2 is 1.92 bits per heavy atom. The van der Waals surface area contributed by atoms with E-state index in [1.54, 1.807) is 0 Å². The van der Waals surface area contributed by atoms with Crippen molar-refractivity contribution in [1.82, 2.24) is 4.90 Å². The maximum absolute atomic E-state index is 9.86. The summed E-state index contributed by atoms with van der Waals surface area (Å²) in [4.78, 5) is 2.23. The first kappa shape index (κ1) is 10.6. The minimum atomic E-state index is -0.733. The molecule has 1 heterocycles. The number of hydrogen-bond acceptors (Lipinski definition) is 2. The van der Waals surface area contributed by atoms with Gasteiger partial charge in [-0.25, -0.2) is 0 Å². The molecule has 0 aromatic heterocycles. The van der Waals surface area contributed by atoms with Gasteiger partial charge in [0.25, 0.3) is 0 Å². The molecule has 0 aromatic rings. The van der Waals surface area contributed by atoms with Gasteiger partial charge in [0.2, 0.25) is 0 Å². The summed E-state index contributed by atoms with van der Waals surface area (Å²) in [7, 11) is 0. The SMILES string of the molecule is CCC#CC1(O)CN(C(C)(C)C)C1. The molecule has 1 aliphatic rings. The highest BCUT2D eigenvalue weighted by molar-refractivity contribution is 5.21. The van der Waals surface area contributed by atoms with E-state index < -0.39 is 5.60 Å². The molecule has 0 amide bonds. The van der Waals surface area contributed by atoms with Crippen molar-refractivity contribution >= 4 is 0 Å². The van der Waals surface area contributed by atoms with Crippen molar-refractivity contribution < 1.29 is 5.11 Å². The predicted molar refractivity (Wildman–Crippen MR) is 54.3 cm³/mol. The van der Waals surface area contributed by atoms with Crippen molar-refractivity contribution in [2.24, 2.45) is 0 Å². The van der Waals surface area contributed by atoms with Gasteiger partial charge in [0.15, 0.2) is 5.60 Å². The van der Waals surface area contributed by atoms with E-state index in [4.69, 9.17) is 0 Å². The number of β-amino-alcohol motifs (C(OH)–C–C–N with tert-alkyl or cyclic N) is 1. The Kier molecular flexibility index (Phi) is 2.70. The normalized spacial score (nSPS) is 21.6. The van der Waals surface area contributed by atoms with E-state index in [1.807, 2.05) is 6.92 Å². The van der Waals surface area contributed by atoms with Crippen LogP contribution >= 0.6 is 0 Å². The van der Waals surface area contributed by atoms with Crippen LogP contribution in [-0.2, 0) is 0 Å². The lowest BCUT2D eigenvalue weighted by atomic mass is 9.89. The summed E-state index contributed by atoms with van der Waals surface area (Å²) >= 11 is 0. The van der Waals surface area contributed by atoms with E-state index >= 15 is 0 Å². The van der Waals surface area contributed by atoms with Crippen LogP contribution in [0, 0.1) is 11.8 Å². The molecule has 0 aromatic carbocycles. The Morgan fingerprint density at radius 1 is 1.38 bits per heavy atom. The zero-order valence-corrected chi connectivity index (χ0v) is 9.02. The fourth-order valence-electron chi connectivity index (χ4n) is 1.39. The first-order chi connectivity index (χ1) is 5.87. The molecule has 2 nitrogen and oxygen atoms in total. The van der Waals surface area contributed by atoms with Crippen molar-refractivity contribution in [3.8, 4) is 11.8 Å². The molecule has 1 saturated heterocycles. The van der Waals surface area contributed by atoms with E-state index in [1.165, 1.54) is 0 Å². The van der Waals surface area contributed by atoms with Gasteiger partial charge in [-0.05, 0) is 20.8 Å². The van der Waals surface area contributed by atoms with E-state index in [0.717, 1.165) is 6.42 Å². The third-order valence-electron chi connectivity index (χ3n) is 2.35. The number of aliphatic hydroxyl groups is 1. The third-order valence-corrected chi connectivity index (χ3v) is 2.35. The highest BCUT2D eigenvalue weighted by Gasteiger charge is 2.44. The average molecular weight is 181 g/mol. The molecule has 2 heteroatoms. The summed E-state index contributed by atoms with van der Waals surface area (Å²) in [6.45, 7) is 9.82. The fraction of sp³-hybridized carbons (Fsp3) is 0.818. The van der Waals surface area contributed by atoms with Crippen LogP contribution in [0.5, 0.6) is 0 Å². The minimum absolute atomic E-state index is 0.153. The summed E-state index contributed by atoms with van der Waals surface area (Å²) in [6.07, 6.45) is 0.817. The minimum Gasteiger partial charge on any atom is -0.375 e. The van der Waals surface area contributed by atoms with Gasteiger partial charge in [0.05, 0.1) is 0 Å². The highest BCUT2D eigenvalue weighted by Crippen LogP contribution is 2.27. The standard InChI is InChI=1S/C11H19NO/c1-5-6-7-11(13)8-12(9-11)10(2,3)4/h13H,5,8-9H2,1-4H3. The molecular formula is C11H19NO. The first-order valence-electron chi connectivity index (χ1n) is 4.85. The number of likely N-dealkylation sites (tertiary alicyclic amines) is 1. The van der Waals surface area contributed by atoms with Crippen molar-refractivity contribution in [2.75, 3.05) is 13.1 Å². The summed E-state index contributed by atoms with van der Waals surface area (Å²) < 4.78 is 0. The lowest BCUT2D eigenvalue weighted by Crippen LogP contribution is -2.66. The second-order valence-electron chi connectivity index (χ2n) is 4.71. The summed E-state index contributed by atoms with van der Waals surface area (Å²) in [5.74, 6) is 5.85. The monoisotopic (exact) mass is 181 g/mol. The molecule has 13 heavy (non-hydrogen) atoms. The quantitative estimate of drug-likeness (QED) is 0.568. The van der Waals surface area contributed by atoms with Crippen LogP contribution in [0.15, 0.2) is 0 Å². The molecule has 0 radical (unpaired) electrons.